The van der Waals surface area contributed by atoms with Crippen molar-refractivity contribution in [1.82, 2.24) is 4.90 Å². The predicted molar refractivity (Wildman–Crippen MR) is 113 cm³/mol. The summed E-state index contributed by atoms with van der Waals surface area (Å²) in [7, 11) is 1.57. The van der Waals surface area contributed by atoms with Crippen molar-refractivity contribution in [3.63, 3.8) is 0 Å². The molecule has 1 aliphatic heterocycles. The molecule has 1 unspecified atom stereocenters. The van der Waals surface area contributed by atoms with Crippen LogP contribution in [0.2, 0.25) is 0 Å². The van der Waals surface area contributed by atoms with Crippen molar-refractivity contribution in [3.05, 3.63) is 48.5 Å². The lowest BCUT2D eigenvalue weighted by molar-refractivity contribution is -0.122. The SMILES string of the molecule is COc1ccc(NC(=O)C2CCCN2CC(=O)Nc2ccccc2SC(F)F)cc1. The van der Waals surface area contributed by atoms with Crippen molar-refractivity contribution in [3.8, 4) is 5.75 Å². The average molecular weight is 435 g/mol. The van der Waals surface area contributed by atoms with Gasteiger partial charge in [-0.2, -0.15) is 8.78 Å². The standard InChI is InChI=1S/C21H23F2N3O3S/c1-29-15-10-8-14(9-11-15)24-20(28)17-6-4-12-26(17)13-19(27)25-16-5-2-3-7-18(16)30-21(22)23/h2-3,5,7-11,17,21H,4,6,12-13H2,1H3,(H,24,28)(H,25,27). The molecular formula is C21H23F2N3O3S. The Morgan fingerprint density at radius 1 is 1.17 bits per heavy atom. The summed E-state index contributed by atoms with van der Waals surface area (Å²) >= 11 is 0.384. The smallest absolute Gasteiger partial charge is 0.288 e. The number of amides is 2. The van der Waals surface area contributed by atoms with Crippen LogP contribution in [0, 0.1) is 0 Å². The number of nitrogens with zero attached hydrogens (tertiary/aromatic N) is 1. The van der Waals surface area contributed by atoms with E-state index in [1.165, 1.54) is 6.07 Å². The molecule has 6 nitrogen and oxygen atoms in total. The molecule has 1 heterocycles. The van der Waals surface area contributed by atoms with Crippen molar-refractivity contribution in [1.29, 1.82) is 0 Å². The zero-order chi connectivity index (χ0) is 21.5. The highest BCUT2D eigenvalue weighted by Gasteiger charge is 2.32. The van der Waals surface area contributed by atoms with Crippen molar-refractivity contribution in [2.45, 2.75) is 29.5 Å². The maximum atomic E-state index is 12.7. The molecule has 0 saturated carbocycles. The van der Waals surface area contributed by atoms with E-state index < -0.39 is 11.8 Å². The lowest BCUT2D eigenvalue weighted by atomic mass is 10.2. The predicted octanol–water partition coefficient (Wildman–Crippen LogP) is 4.05. The second-order valence-electron chi connectivity index (χ2n) is 6.77. The maximum Gasteiger partial charge on any atom is 0.288 e. The van der Waals surface area contributed by atoms with Crippen molar-refractivity contribution < 1.29 is 23.1 Å². The van der Waals surface area contributed by atoms with Crippen LogP contribution in [0.1, 0.15) is 12.8 Å². The number of anilines is 2. The molecule has 2 N–H and O–H groups in total. The van der Waals surface area contributed by atoms with Crippen molar-refractivity contribution in [2.24, 2.45) is 0 Å². The molecule has 0 aliphatic carbocycles. The Hall–Kier alpha value is -2.65. The highest BCUT2D eigenvalue weighted by molar-refractivity contribution is 7.99. The van der Waals surface area contributed by atoms with Gasteiger partial charge >= 0.3 is 0 Å². The van der Waals surface area contributed by atoms with Gasteiger partial charge < -0.3 is 15.4 Å². The minimum absolute atomic E-state index is 0.00831. The van der Waals surface area contributed by atoms with Crippen LogP contribution in [0.5, 0.6) is 5.75 Å². The molecule has 9 heteroatoms. The van der Waals surface area contributed by atoms with Crippen molar-refractivity contribution in [2.75, 3.05) is 30.8 Å². The first kappa shape index (κ1) is 22.0. The molecule has 0 bridgehead atoms. The maximum absolute atomic E-state index is 12.7. The topological polar surface area (TPSA) is 70.7 Å². The Kier molecular flexibility index (Phi) is 7.64. The summed E-state index contributed by atoms with van der Waals surface area (Å²) in [5.74, 6) is -2.41. The lowest BCUT2D eigenvalue weighted by Gasteiger charge is -2.23. The first-order valence-electron chi connectivity index (χ1n) is 9.49. The first-order chi connectivity index (χ1) is 14.5. The first-order valence-corrected chi connectivity index (χ1v) is 10.4. The van der Waals surface area contributed by atoms with Gasteiger partial charge in [0.15, 0.2) is 0 Å². The van der Waals surface area contributed by atoms with Crippen LogP contribution in [0.15, 0.2) is 53.4 Å². The molecule has 30 heavy (non-hydrogen) atoms. The monoisotopic (exact) mass is 435 g/mol. The van der Waals surface area contributed by atoms with E-state index in [1.807, 2.05) is 0 Å². The summed E-state index contributed by atoms with van der Waals surface area (Å²) in [4.78, 5) is 27.3. The van der Waals surface area contributed by atoms with Crippen molar-refractivity contribution >= 4 is 35.0 Å². The second-order valence-corrected chi connectivity index (χ2v) is 7.80. The third-order valence-corrected chi connectivity index (χ3v) is 5.54. The minimum Gasteiger partial charge on any atom is -0.497 e. The molecule has 1 aliphatic rings. The molecular weight excluding hydrogens is 412 g/mol. The molecule has 160 valence electrons. The van der Waals surface area contributed by atoms with Crippen LogP contribution < -0.4 is 15.4 Å². The van der Waals surface area contributed by atoms with Crippen LogP contribution >= 0.6 is 11.8 Å². The molecule has 1 saturated heterocycles. The highest BCUT2D eigenvalue weighted by atomic mass is 32.2. The number of hydrogen-bond acceptors (Lipinski definition) is 5. The lowest BCUT2D eigenvalue weighted by Crippen LogP contribution is -2.43. The molecule has 2 aromatic rings. The summed E-state index contributed by atoms with van der Waals surface area (Å²) < 4.78 is 30.5. The third-order valence-electron chi connectivity index (χ3n) is 4.75. The molecule has 2 amide bonds. The summed E-state index contributed by atoms with van der Waals surface area (Å²) in [5, 5.41) is 5.55. The Balaban J connectivity index is 1.59. The number of carbonyl (C=O) groups is 2. The normalized spacial score (nSPS) is 16.5. The summed E-state index contributed by atoms with van der Waals surface area (Å²) in [6.45, 7) is 0.621. The van der Waals surface area contributed by atoms with Crippen LogP contribution in [0.4, 0.5) is 20.2 Å². The number of likely N-dealkylation sites (tertiary alicyclic amines) is 1. The number of nitrogens with one attached hydrogen (secondary N) is 2. The number of benzene rings is 2. The largest absolute Gasteiger partial charge is 0.497 e. The number of halogens is 2. The summed E-state index contributed by atoms with van der Waals surface area (Å²) in [5.41, 5.74) is 0.987. The summed E-state index contributed by atoms with van der Waals surface area (Å²) in [6, 6.07) is 13.0. The number of rotatable bonds is 8. The van der Waals surface area contributed by atoms with E-state index in [1.54, 1.807) is 54.5 Å². The molecule has 1 fully saturated rings. The van der Waals surface area contributed by atoms with E-state index in [-0.39, 0.29) is 18.4 Å². The van der Waals surface area contributed by atoms with Gasteiger partial charge in [-0.1, -0.05) is 23.9 Å². The number of thioether (sulfide) groups is 1. The molecule has 0 spiro atoms. The molecule has 0 radical (unpaired) electrons. The Morgan fingerprint density at radius 2 is 1.90 bits per heavy atom. The van der Waals surface area contributed by atoms with E-state index in [4.69, 9.17) is 4.74 Å². The van der Waals surface area contributed by atoms with Gasteiger partial charge in [0.1, 0.15) is 5.75 Å². The van der Waals surface area contributed by atoms with Crippen LogP contribution in [0.3, 0.4) is 0 Å². The van der Waals surface area contributed by atoms with Gasteiger partial charge in [0.2, 0.25) is 11.8 Å². The number of ether oxygens (including phenoxy) is 1. The Labute approximate surface area is 178 Å². The zero-order valence-corrected chi connectivity index (χ0v) is 17.3. The number of carbonyl (C=O) groups excluding carboxylic acids is 2. The third kappa shape index (κ3) is 5.93. The quantitative estimate of drug-likeness (QED) is 0.612. The van der Waals surface area contributed by atoms with E-state index in [2.05, 4.69) is 10.6 Å². The van der Waals surface area contributed by atoms with Gasteiger partial charge in [0, 0.05) is 10.6 Å². The Morgan fingerprint density at radius 3 is 2.60 bits per heavy atom. The fourth-order valence-corrected chi connectivity index (χ4v) is 3.95. The van der Waals surface area contributed by atoms with E-state index in [0.717, 1.165) is 6.42 Å². The number of alkyl halides is 2. The van der Waals surface area contributed by atoms with Crippen LogP contribution in [-0.4, -0.2) is 48.7 Å². The van der Waals surface area contributed by atoms with Gasteiger partial charge in [0.05, 0.1) is 25.4 Å². The average Bonchev–Trinajstić information content (AvgIpc) is 3.18. The van der Waals surface area contributed by atoms with E-state index >= 15 is 0 Å². The minimum atomic E-state index is -2.58. The number of para-hydroxylation sites is 1. The zero-order valence-electron chi connectivity index (χ0n) is 16.4. The second kappa shape index (κ2) is 10.4. The van der Waals surface area contributed by atoms with Crippen LogP contribution in [-0.2, 0) is 9.59 Å². The number of hydrogen-bond donors (Lipinski definition) is 2. The van der Waals surface area contributed by atoms with E-state index in [0.29, 0.717) is 46.7 Å². The van der Waals surface area contributed by atoms with E-state index in [9.17, 15) is 18.4 Å². The van der Waals surface area contributed by atoms with Gasteiger partial charge in [-0.15, -0.1) is 0 Å². The molecule has 0 aromatic heterocycles. The van der Waals surface area contributed by atoms with Gasteiger partial charge in [-0.05, 0) is 55.8 Å². The number of methoxy groups -OCH3 is 1. The molecule has 2 aromatic carbocycles. The highest BCUT2D eigenvalue weighted by Crippen LogP contribution is 2.31. The van der Waals surface area contributed by atoms with Crippen LogP contribution in [0.25, 0.3) is 0 Å². The Bertz CT molecular complexity index is 880. The fraction of sp³-hybridized carbons (Fsp3) is 0.333. The fourth-order valence-electron chi connectivity index (χ4n) is 3.36. The summed E-state index contributed by atoms with van der Waals surface area (Å²) in [6.07, 6.45) is 1.44. The van der Waals surface area contributed by atoms with Gasteiger partial charge in [-0.3, -0.25) is 14.5 Å². The van der Waals surface area contributed by atoms with Gasteiger partial charge in [-0.25, -0.2) is 0 Å². The molecule has 3 rings (SSSR count). The molecule has 1 atom stereocenters. The van der Waals surface area contributed by atoms with Gasteiger partial charge in [0.25, 0.3) is 5.76 Å².